The van der Waals surface area contributed by atoms with E-state index in [1.165, 1.54) is 67.9 Å². The third-order valence-corrected chi connectivity index (χ3v) is 4.97. The number of carbonyl (C=O) groups is 3. The van der Waals surface area contributed by atoms with Gasteiger partial charge in [0.2, 0.25) is 0 Å². The Morgan fingerprint density at radius 1 is 1.06 bits per heavy atom. The molecule has 3 rings (SSSR count). The quantitative estimate of drug-likeness (QED) is 0.112. The molecule has 0 aliphatic heterocycles. The molecule has 0 aromatic heterocycles. The van der Waals surface area contributed by atoms with Crippen LogP contribution in [-0.2, 0) is 9.59 Å². The zero-order chi connectivity index (χ0) is 26.2. The zero-order valence-corrected chi connectivity index (χ0v) is 19.9. The second-order valence-corrected chi connectivity index (χ2v) is 7.77. The van der Waals surface area contributed by atoms with Gasteiger partial charge in [0.15, 0.2) is 11.5 Å². The second kappa shape index (κ2) is 11.7. The molecule has 11 nitrogen and oxygen atoms in total. The fourth-order valence-corrected chi connectivity index (χ4v) is 3.13. The van der Waals surface area contributed by atoms with Gasteiger partial charge in [0.25, 0.3) is 5.69 Å². The van der Waals surface area contributed by atoms with Gasteiger partial charge >= 0.3 is 17.8 Å². The van der Waals surface area contributed by atoms with Crippen LogP contribution < -0.4 is 20.2 Å². The first-order valence-electron chi connectivity index (χ1n) is 9.92. The van der Waals surface area contributed by atoms with Crippen molar-refractivity contribution < 1.29 is 33.2 Å². The molecule has 0 radical (unpaired) electrons. The van der Waals surface area contributed by atoms with Crippen molar-refractivity contribution in [3.63, 3.8) is 0 Å². The summed E-state index contributed by atoms with van der Waals surface area (Å²) in [5, 5.41) is 16.9. The van der Waals surface area contributed by atoms with Gasteiger partial charge in [-0.05, 0) is 48.0 Å². The number of nitrogens with one attached hydrogen (secondary N) is 2. The van der Waals surface area contributed by atoms with E-state index in [0.29, 0.717) is 10.0 Å². The Bertz CT molecular complexity index is 1380. The van der Waals surface area contributed by atoms with Crippen molar-refractivity contribution in [1.29, 1.82) is 0 Å². The van der Waals surface area contributed by atoms with Gasteiger partial charge in [-0.2, -0.15) is 5.10 Å². The molecule has 0 bridgehead atoms. The number of halogens is 2. The van der Waals surface area contributed by atoms with Gasteiger partial charge in [0.05, 0.1) is 23.9 Å². The number of benzene rings is 3. The van der Waals surface area contributed by atoms with Crippen LogP contribution in [0.25, 0.3) is 0 Å². The molecule has 2 amide bonds. The molecule has 13 heteroatoms. The standard InChI is InChI=1S/C23H16BrFN4O7/c1-35-20-10-13(6-9-19(20)36-23(32)15-4-2-3-5-18(15)29(33)34)12-26-28-22(31)21(30)27-17-8-7-14(24)11-16(17)25/h2-12H,1H3,(H,27,30)(H,28,31). The molecule has 36 heavy (non-hydrogen) atoms. The maximum atomic E-state index is 13.8. The molecule has 2 N–H and O–H groups in total. The number of rotatable bonds is 7. The molecule has 0 spiro atoms. The van der Waals surface area contributed by atoms with E-state index in [1.54, 1.807) is 0 Å². The highest BCUT2D eigenvalue weighted by Gasteiger charge is 2.22. The van der Waals surface area contributed by atoms with E-state index in [0.717, 1.165) is 6.07 Å². The minimum absolute atomic E-state index is 0.0160. The molecular formula is C23H16BrFN4O7. The van der Waals surface area contributed by atoms with E-state index in [9.17, 15) is 28.9 Å². The van der Waals surface area contributed by atoms with Crippen LogP contribution in [0.1, 0.15) is 15.9 Å². The summed E-state index contributed by atoms with van der Waals surface area (Å²) in [5.41, 5.74) is 1.56. The van der Waals surface area contributed by atoms with Crippen LogP contribution >= 0.6 is 15.9 Å². The van der Waals surface area contributed by atoms with Crippen LogP contribution in [0.3, 0.4) is 0 Å². The van der Waals surface area contributed by atoms with Gasteiger partial charge in [0.1, 0.15) is 11.4 Å². The normalized spacial score (nSPS) is 10.5. The Kier molecular flexibility index (Phi) is 8.41. The summed E-state index contributed by atoms with van der Waals surface area (Å²) < 4.78 is 24.7. The summed E-state index contributed by atoms with van der Waals surface area (Å²) in [6, 6.07) is 13.4. The number of hydrazone groups is 1. The number of hydrogen-bond acceptors (Lipinski definition) is 8. The number of carbonyl (C=O) groups excluding carboxylic acids is 3. The van der Waals surface area contributed by atoms with Crippen molar-refractivity contribution in [2.45, 2.75) is 0 Å². The van der Waals surface area contributed by atoms with Crippen LogP contribution in [0.5, 0.6) is 11.5 Å². The lowest BCUT2D eigenvalue weighted by Crippen LogP contribution is -2.32. The van der Waals surface area contributed by atoms with Crippen molar-refractivity contribution in [1.82, 2.24) is 5.43 Å². The van der Waals surface area contributed by atoms with Crippen LogP contribution in [0, 0.1) is 15.9 Å². The van der Waals surface area contributed by atoms with E-state index < -0.39 is 34.2 Å². The molecule has 0 fully saturated rings. The van der Waals surface area contributed by atoms with E-state index >= 15 is 0 Å². The average Bonchev–Trinajstić information content (AvgIpc) is 2.86. The van der Waals surface area contributed by atoms with Crippen LogP contribution in [0.4, 0.5) is 15.8 Å². The molecule has 184 valence electrons. The van der Waals surface area contributed by atoms with Crippen molar-refractivity contribution >= 4 is 51.3 Å². The van der Waals surface area contributed by atoms with Crippen molar-refractivity contribution in [3.8, 4) is 11.5 Å². The van der Waals surface area contributed by atoms with Gasteiger partial charge in [0, 0.05) is 10.5 Å². The largest absolute Gasteiger partial charge is 0.493 e. The molecule has 0 aliphatic rings. The lowest BCUT2D eigenvalue weighted by Gasteiger charge is -2.10. The molecule has 0 saturated carbocycles. The minimum Gasteiger partial charge on any atom is -0.493 e. The van der Waals surface area contributed by atoms with Crippen molar-refractivity contribution in [3.05, 3.63) is 92.2 Å². The number of nitro groups is 1. The third-order valence-electron chi connectivity index (χ3n) is 4.48. The highest BCUT2D eigenvalue weighted by Crippen LogP contribution is 2.29. The first-order valence-corrected chi connectivity index (χ1v) is 10.7. The topological polar surface area (TPSA) is 149 Å². The Balaban J connectivity index is 1.65. The molecule has 0 atom stereocenters. The van der Waals surface area contributed by atoms with Gasteiger partial charge in [-0.3, -0.25) is 19.7 Å². The Hall–Kier alpha value is -4.65. The fraction of sp³-hybridized carbons (Fsp3) is 0.0435. The smallest absolute Gasteiger partial charge is 0.350 e. The zero-order valence-electron chi connectivity index (χ0n) is 18.4. The van der Waals surface area contributed by atoms with Crippen LogP contribution in [0.2, 0.25) is 0 Å². The van der Waals surface area contributed by atoms with E-state index in [2.05, 4.69) is 26.3 Å². The molecule has 0 heterocycles. The van der Waals surface area contributed by atoms with Gasteiger partial charge in [-0.25, -0.2) is 14.6 Å². The third kappa shape index (κ3) is 6.48. The Morgan fingerprint density at radius 3 is 2.50 bits per heavy atom. The number of anilines is 1. The average molecular weight is 559 g/mol. The Labute approximate surface area is 211 Å². The number of ether oxygens (including phenoxy) is 2. The number of hydrogen-bond donors (Lipinski definition) is 2. The summed E-state index contributed by atoms with van der Waals surface area (Å²) in [4.78, 5) is 46.8. The lowest BCUT2D eigenvalue weighted by molar-refractivity contribution is -0.385. The molecular weight excluding hydrogens is 543 g/mol. The summed E-state index contributed by atoms with van der Waals surface area (Å²) >= 11 is 3.08. The summed E-state index contributed by atoms with van der Waals surface area (Å²) in [5.74, 6) is -3.89. The van der Waals surface area contributed by atoms with E-state index in [1.807, 2.05) is 5.43 Å². The van der Waals surface area contributed by atoms with Crippen LogP contribution in [0.15, 0.2) is 70.2 Å². The monoisotopic (exact) mass is 558 g/mol. The highest BCUT2D eigenvalue weighted by molar-refractivity contribution is 9.10. The molecule has 3 aromatic carbocycles. The lowest BCUT2D eigenvalue weighted by atomic mass is 10.2. The highest BCUT2D eigenvalue weighted by atomic mass is 79.9. The summed E-state index contributed by atoms with van der Waals surface area (Å²) in [6.07, 6.45) is 1.18. The summed E-state index contributed by atoms with van der Waals surface area (Å²) in [6.45, 7) is 0. The van der Waals surface area contributed by atoms with Crippen LogP contribution in [-0.4, -0.2) is 36.0 Å². The molecule has 0 unspecified atom stereocenters. The fourth-order valence-electron chi connectivity index (χ4n) is 2.80. The number of amides is 2. The first-order chi connectivity index (χ1) is 17.2. The van der Waals surface area contributed by atoms with Crippen molar-refractivity contribution in [2.24, 2.45) is 5.10 Å². The number of nitrogens with zero attached hydrogens (tertiary/aromatic N) is 2. The maximum Gasteiger partial charge on any atom is 0.350 e. The van der Waals surface area contributed by atoms with Gasteiger partial charge < -0.3 is 14.8 Å². The maximum absolute atomic E-state index is 13.8. The SMILES string of the molecule is COc1cc(C=NNC(=O)C(=O)Nc2ccc(Br)cc2F)ccc1OC(=O)c1ccccc1[N+](=O)[O-]. The molecule has 3 aromatic rings. The number of nitro benzene ring substituents is 1. The molecule has 0 aliphatic carbocycles. The van der Waals surface area contributed by atoms with E-state index in [4.69, 9.17) is 9.47 Å². The van der Waals surface area contributed by atoms with E-state index in [-0.39, 0.29) is 22.7 Å². The predicted octanol–water partition coefficient (Wildman–Crippen LogP) is 3.81. The summed E-state index contributed by atoms with van der Waals surface area (Å²) in [7, 11) is 1.31. The van der Waals surface area contributed by atoms with Gasteiger partial charge in [-0.1, -0.05) is 28.1 Å². The predicted molar refractivity (Wildman–Crippen MR) is 130 cm³/mol. The number of methoxy groups -OCH3 is 1. The minimum atomic E-state index is -1.14. The first kappa shape index (κ1) is 26.0. The van der Waals surface area contributed by atoms with Gasteiger partial charge in [-0.15, -0.1) is 0 Å². The van der Waals surface area contributed by atoms with Crippen molar-refractivity contribution in [2.75, 3.05) is 12.4 Å². The Morgan fingerprint density at radius 2 is 1.81 bits per heavy atom. The second-order valence-electron chi connectivity index (χ2n) is 6.85. The number of esters is 1. The number of para-hydroxylation sites is 1. The molecule has 0 saturated heterocycles.